The van der Waals surface area contributed by atoms with Gasteiger partial charge in [-0.1, -0.05) is 172 Å². The third-order valence-corrected chi connectivity index (χ3v) is 30.0. The van der Waals surface area contributed by atoms with Crippen LogP contribution in [0.15, 0.2) is 146 Å². The van der Waals surface area contributed by atoms with Gasteiger partial charge in [-0.25, -0.2) is 14.4 Å². The van der Waals surface area contributed by atoms with Gasteiger partial charge >= 0.3 is 18.1 Å². The summed E-state index contributed by atoms with van der Waals surface area (Å²) in [5.74, 6) is 1.87. The molecule has 0 saturated carbocycles. The number of para-hydroxylation sites is 4. The molecule has 0 aliphatic carbocycles. The smallest absolute Gasteiger partial charge is 0.322 e. The highest BCUT2D eigenvalue weighted by Gasteiger charge is 2.48. The Morgan fingerprint density at radius 2 is 0.860 bits per heavy atom. The quantitative estimate of drug-likeness (QED) is 0.0511. The van der Waals surface area contributed by atoms with E-state index in [4.69, 9.17) is 0 Å². The molecule has 12 amide bonds. The Balaban J connectivity index is 0.000000168. The van der Waals surface area contributed by atoms with Crippen LogP contribution in [0.25, 0.3) is 11.1 Å². The molecule has 9 aliphatic heterocycles. The summed E-state index contributed by atoms with van der Waals surface area (Å²) in [7, 11) is 4.05. The highest BCUT2D eigenvalue weighted by molar-refractivity contribution is 8.02. The summed E-state index contributed by atoms with van der Waals surface area (Å²) in [6.45, 7) is 27.3. The number of urea groups is 3. The number of nitrogens with one attached hydrogen (secondary N) is 3. The van der Waals surface area contributed by atoms with Gasteiger partial charge in [0.25, 0.3) is 0 Å². The number of fused-ring (bicyclic) bond motifs is 3. The number of thioether (sulfide) groups is 3. The van der Waals surface area contributed by atoms with Crippen molar-refractivity contribution in [2.45, 2.75) is 222 Å². The Morgan fingerprint density at radius 1 is 0.471 bits per heavy atom. The largest absolute Gasteiger partial charge is 0.377 e. The molecule has 650 valence electrons. The number of aromatic nitrogens is 1. The van der Waals surface area contributed by atoms with Crippen LogP contribution in [0.4, 0.5) is 37.1 Å². The maximum atomic E-state index is 13.9. The zero-order valence-electron chi connectivity index (χ0n) is 72.7. The average molecular weight is 1710 g/mol. The zero-order valence-corrected chi connectivity index (χ0v) is 75.1. The van der Waals surface area contributed by atoms with Crippen molar-refractivity contribution in [1.82, 2.24) is 49.1 Å². The van der Waals surface area contributed by atoms with Gasteiger partial charge in [0.2, 0.25) is 35.4 Å². The van der Waals surface area contributed by atoms with E-state index < -0.39 is 5.25 Å². The van der Waals surface area contributed by atoms with Crippen LogP contribution in [0, 0.1) is 23.2 Å². The minimum Gasteiger partial charge on any atom is -0.377 e. The van der Waals surface area contributed by atoms with E-state index in [0.29, 0.717) is 89.7 Å². The van der Waals surface area contributed by atoms with E-state index in [-0.39, 0.29) is 124 Å². The Morgan fingerprint density at radius 3 is 1.33 bits per heavy atom. The molecule has 0 radical (unpaired) electrons. The highest BCUT2D eigenvalue weighted by atomic mass is 32.2. The molecule has 3 N–H and O–H groups in total. The first-order chi connectivity index (χ1) is 58.2. The predicted molar refractivity (Wildman–Crippen MR) is 489 cm³/mol. The topological polar surface area (TPSA) is 235 Å². The van der Waals surface area contributed by atoms with Gasteiger partial charge in [0.15, 0.2) is 0 Å². The normalized spacial score (nSPS) is 21.8. The maximum Gasteiger partial charge on any atom is 0.322 e. The van der Waals surface area contributed by atoms with Gasteiger partial charge in [-0.15, -0.1) is 35.3 Å². The molecule has 9 aliphatic rings. The van der Waals surface area contributed by atoms with Crippen LogP contribution in [-0.2, 0) is 48.3 Å². The van der Waals surface area contributed by atoms with E-state index in [1.807, 2.05) is 150 Å². The van der Waals surface area contributed by atoms with E-state index in [1.54, 1.807) is 47.7 Å². The summed E-state index contributed by atoms with van der Waals surface area (Å²) in [5.41, 5.74) is 11.6. The van der Waals surface area contributed by atoms with Crippen LogP contribution < -0.4 is 20.9 Å². The van der Waals surface area contributed by atoms with E-state index in [9.17, 15) is 43.2 Å². The van der Waals surface area contributed by atoms with E-state index >= 15 is 0 Å². The summed E-state index contributed by atoms with van der Waals surface area (Å²) < 4.78 is 0. The average Bonchev–Trinajstić information content (AvgIpc) is 1.80. The molecule has 15 rings (SSSR count). The minimum atomic E-state index is -0.430. The molecule has 1 aromatic heterocycles. The van der Waals surface area contributed by atoms with E-state index in [1.165, 1.54) is 0 Å². The Labute approximate surface area is 730 Å². The van der Waals surface area contributed by atoms with Gasteiger partial charge in [0.05, 0.1) is 21.1 Å². The summed E-state index contributed by atoms with van der Waals surface area (Å²) in [6, 6.07) is 44.4. The van der Waals surface area contributed by atoms with Crippen LogP contribution in [0.5, 0.6) is 0 Å². The van der Waals surface area contributed by atoms with Crippen molar-refractivity contribution in [2.75, 3.05) is 100 Å². The standard InChI is InChI=1S/C35H41N5O3S.C32H43N5O3S.C28H42N4O3S.H2/c1-35(2,3)16-21-39-32(42)30(44-33(39)28-10-6-5-9-27(28)24-12-17-36-18-13-24)22-31(41)38-19-14-26(15-20-38)40-23-25-8-4-7-11-29(25)37-34(40)43;1-22(2)13-19-37-30(39)28(41-31(37)25-10-6-8-12-27(25)34(3)4)21-29(38)35-17-15-24(16-18-35)36-20-14-23-9-5-7-11-26(23)33-32(36)40;1-5-20(6-2)27-31(16-11-19(3)4)26(34)24(36-27)17-25(33)30-14-12-22(13-15-30)32-18-21-9-7-8-10-23(21)29-28(32)35;/h4-13,17-18,26,30,33H,14-16,19-23H2,1-3H3,(H,37,43);5-12,22,24,28,31H,13-21H2,1-4H3,(H,33,40);7-10,19-20,22,24,27H,5-6,11-18H2,1-4H3,(H,29,35);1H. The lowest BCUT2D eigenvalue weighted by atomic mass is 9.92. The number of hydrogen-bond donors (Lipinski definition) is 3. The number of pyridine rings is 1. The first-order valence-electron chi connectivity index (χ1n) is 44.2. The number of carbonyl (C=O) groups is 9. The monoisotopic (exact) mass is 1700 g/mol. The summed E-state index contributed by atoms with van der Waals surface area (Å²) in [6.07, 6.45) is 14.5. The van der Waals surface area contributed by atoms with Crippen molar-refractivity contribution in [2.24, 2.45) is 23.2 Å². The van der Waals surface area contributed by atoms with Crippen molar-refractivity contribution in [3.8, 4) is 11.1 Å². The van der Waals surface area contributed by atoms with Crippen molar-refractivity contribution in [3.05, 3.63) is 174 Å². The van der Waals surface area contributed by atoms with Crippen LogP contribution >= 0.6 is 35.3 Å². The third-order valence-electron chi connectivity index (χ3n) is 25.5. The molecule has 23 nitrogen and oxygen atoms in total. The molecule has 5 aromatic carbocycles. The van der Waals surface area contributed by atoms with Crippen LogP contribution in [-0.4, -0.2) is 221 Å². The second kappa shape index (κ2) is 40.8. The Kier molecular flexibility index (Phi) is 30.2. The number of likely N-dealkylation sites (tertiary alicyclic amines) is 3. The van der Waals surface area contributed by atoms with Gasteiger partial charge in [-0.3, -0.25) is 33.8 Å². The minimum absolute atomic E-state index is 0. The summed E-state index contributed by atoms with van der Waals surface area (Å²) >= 11 is 4.93. The van der Waals surface area contributed by atoms with Crippen LogP contribution in [0.2, 0.25) is 0 Å². The van der Waals surface area contributed by atoms with Gasteiger partial charge < -0.3 is 64.9 Å². The molecule has 6 atom stereocenters. The van der Waals surface area contributed by atoms with Gasteiger partial charge in [0, 0.05) is 172 Å². The van der Waals surface area contributed by atoms with E-state index in [0.717, 1.165) is 145 Å². The third kappa shape index (κ3) is 21.9. The molecule has 6 fully saturated rings. The second-order valence-corrected chi connectivity index (χ2v) is 39.9. The zero-order chi connectivity index (χ0) is 85.8. The lowest BCUT2D eigenvalue weighted by Crippen LogP contribution is -2.51. The van der Waals surface area contributed by atoms with Crippen molar-refractivity contribution in [3.63, 3.8) is 0 Å². The molecular formula is C95H128N14O9S3. The van der Waals surface area contributed by atoms with Crippen molar-refractivity contribution >= 4 is 112 Å². The van der Waals surface area contributed by atoms with Gasteiger partial charge in [-0.2, -0.15) is 0 Å². The molecule has 6 unspecified atom stereocenters. The number of rotatable bonds is 24. The molecule has 6 saturated heterocycles. The second-order valence-electron chi connectivity index (χ2n) is 36.0. The number of carbonyl (C=O) groups excluding carboxylic acids is 9. The molecule has 121 heavy (non-hydrogen) atoms. The van der Waals surface area contributed by atoms with Crippen molar-refractivity contribution < 1.29 is 44.6 Å². The van der Waals surface area contributed by atoms with Gasteiger partial charge in [0.1, 0.15) is 10.7 Å². The molecule has 0 spiro atoms. The molecular weight excluding hydrogens is 1580 g/mol. The summed E-state index contributed by atoms with van der Waals surface area (Å²) in [4.78, 5) is 144. The van der Waals surface area contributed by atoms with Crippen molar-refractivity contribution in [1.29, 1.82) is 0 Å². The number of benzene rings is 5. The lowest BCUT2D eigenvalue weighted by molar-refractivity contribution is -0.137. The highest BCUT2D eigenvalue weighted by Crippen LogP contribution is 2.50. The first-order valence-corrected chi connectivity index (χ1v) is 47.0. The number of hydrogen-bond acceptors (Lipinski definition) is 14. The first kappa shape index (κ1) is 89.5. The molecule has 26 heteroatoms. The Bertz CT molecular complexity index is 4620. The molecule has 6 aromatic rings. The van der Waals surface area contributed by atoms with Gasteiger partial charge in [-0.05, 0) is 157 Å². The number of amides is 12. The van der Waals surface area contributed by atoms with E-state index in [2.05, 4.69) is 129 Å². The Hall–Kier alpha value is -9.27. The number of nitrogens with zero attached hydrogens (tertiary/aromatic N) is 11. The molecule has 10 heterocycles. The SMILES string of the molecule is CC(C)(C)CCN1C(=O)C(CC(=O)N2CCC(N3Cc4ccccc4NC3=O)CC2)SC1c1ccccc1-c1ccncc1.CC(C)CCN1C(=O)C(CC(=O)N2CCC(N3CCc4ccccc4NC3=O)CC2)SC1c1ccccc1N(C)C.CCC(CC)C1SC(CC(=O)N2CCC(N3Cc4ccccc4NC3=O)CC2)C(=O)N1CCC(C)C.[HH]. The summed E-state index contributed by atoms with van der Waals surface area (Å²) in [5, 5.41) is 7.88. The van der Waals surface area contributed by atoms with Crippen LogP contribution in [0.1, 0.15) is 192 Å². The fourth-order valence-electron chi connectivity index (χ4n) is 18.2. The fourth-order valence-corrected chi connectivity index (χ4v) is 23.0. The van der Waals surface area contributed by atoms with Crippen LogP contribution in [0.3, 0.4) is 0 Å². The molecule has 0 bridgehead atoms. The maximum absolute atomic E-state index is 13.9. The fraction of sp³-hybridized carbons (Fsp3) is 0.537. The predicted octanol–water partition coefficient (Wildman–Crippen LogP) is 17.2. The lowest BCUT2D eigenvalue weighted by Gasteiger charge is -2.40. The number of piperidine rings is 3. The number of anilines is 4.